The minimum absolute atomic E-state index is 0.115. The molecule has 0 saturated carbocycles. The molecule has 1 amide bonds. The number of aliphatic hydroxyl groups is 1. The summed E-state index contributed by atoms with van der Waals surface area (Å²) >= 11 is 0. The number of hydrogen-bond acceptors (Lipinski definition) is 4. The molecule has 2 heterocycles. The van der Waals surface area contributed by atoms with Crippen LogP contribution in [0.4, 0.5) is 13.2 Å². The molecule has 30 heavy (non-hydrogen) atoms. The fourth-order valence-electron chi connectivity index (χ4n) is 3.36. The number of aliphatic hydroxyl groups excluding tert-OH is 1. The Bertz CT molecular complexity index is 1240. The van der Waals surface area contributed by atoms with Crippen molar-refractivity contribution in [2.75, 3.05) is 6.54 Å². The van der Waals surface area contributed by atoms with E-state index in [1.807, 2.05) is 0 Å². The van der Waals surface area contributed by atoms with E-state index in [9.17, 15) is 23.1 Å². The van der Waals surface area contributed by atoms with E-state index in [1.165, 1.54) is 16.8 Å². The number of rotatable bonds is 4. The van der Waals surface area contributed by atoms with Crippen molar-refractivity contribution < 1.29 is 23.1 Å². The lowest BCUT2D eigenvalue weighted by Crippen LogP contribution is -2.30. The van der Waals surface area contributed by atoms with Gasteiger partial charge in [0.25, 0.3) is 5.91 Å². The van der Waals surface area contributed by atoms with E-state index < -0.39 is 17.8 Å². The van der Waals surface area contributed by atoms with Gasteiger partial charge in [-0.2, -0.15) is 13.2 Å². The van der Waals surface area contributed by atoms with Crippen LogP contribution in [-0.4, -0.2) is 43.2 Å². The monoisotopic (exact) mass is 417 g/mol. The highest BCUT2D eigenvalue weighted by Gasteiger charge is 2.30. The molecular weight excluding hydrogens is 399 g/mol. The summed E-state index contributed by atoms with van der Waals surface area (Å²) in [5.41, 5.74) is 1.94. The minimum Gasteiger partial charge on any atom is -0.392 e. The van der Waals surface area contributed by atoms with Crippen LogP contribution in [0.5, 0.6) is 0 Å². The van der Waals surface area contributed by atoms with Gasteiger partial charge in [0.2, 0.25) is 0 Å². The van der Waals surface area contributed by atoms with Gasteiger partial charge < -0.3 is 10.4 Å². The molecule has 0 bridgehead atoms. The standard InChI is InChI=1S/C20H18F3N5O2/c1-11(29)10-24-18(30)12-3-8-16-15(9-12)17-19(27(2)26-25-17)28(16)14-6-4-13(5-7-14)20(21,22)23/h3-9,11,29H,10H2,1-2H3,(H,24,30)/t11-/m0/s1. The van der Waals surface area contributed by atoms with Crippen LogP contribution in [0.2, 0.25) is 0 Å². The van der Waals surface area contributed by atoms with Gasteiger partial charge in [-0.3, -0.25) is 9.36 Å². The third kappa shape index (κ3) is 3.39. The van der Waals surface area contributed by atoms with Gasteiger partial charge in [-0.25, -0.2) is 4.68 Å². The summed E-state index contributed by atoms with van der Waals surface area (Å²) in [6, 6.07) is 9.81. The molecule has 10 heteroatoms. The highest BCUT2D eigenvalue weighted by Crippen LogP contribution is 2.33. The van der Waals surface area contributed by atoms with Crippen LogP contribution in [0.3, 0.4) is 0 Å². The summed E-state index contributed by atoms with van der Waals surface area (Å²) in [6.07, 6.45) is -5.10. The SMILES string of the molecule is C[C@H](O)CNC(=O)c1ccc2c(c1)c1nnn(C)c1n2-c1ccc(C(F)(F)F)cc1. The summed E-state index contributed by atoms with van der Waals surface area (Å²) in [5, 5.41) is 20.8. The zero-order chi connectivity index (χ0) is 21.6. The van der Waals surface area contributed by atoms with E-state index in [0.717, 1.165) is 12.1 Å². The molecular formula is C20H18F3N5O2. The molecule has 0 unspecified atom stereocenters. The largest absolute Gasteiger partial charge is 0.416 e. The zero-order valence-corrected chi connectivity index (χ0v) is 16.1. The highest BCUT2D eigenvalue weighted by atomic mass is 19.4. The molecule has 2 aromatic heterocycles. The Kier molecular flexibility index (Phi) is 4.73. The molecule has 7 nitrogen and oxygen atoms in total. The van der Waals surface area contributed by atoms with Gasteiger partial charge in [0, 0.05) is 30.2 Å². The zero-order valence-electron chi connectivity index (χ0n) is 16.1. The first-order chi connectivity index (χ1) is 14.2. The number of hydrogen-bond donors (Lipinski definition) is 2. The fourth-order valence-corrected chi connectivity index (χ4v) is 3.36. The number of fused-ring (bicyclic) bond motifs is 3. The summed E-state index contributed by atoms with van der Waals surface area (Å²) in [7, 11) is 1.69. The van der Waals surface area contributed by atoms with Crippen molar-refractivity contribution in [3.8, 4) is 5.69 Å². The van der Waals surface area contributed by atoms with Crippen LogP contribution in [0, 0.1) is 0 Å². The second kappa shape index (κ2) is 7.13. The maximum absolute atomic E-state index is 12.9. The minimum atomic E-state index is -4.42. The van der Waals surface area contributed by atoms with E-state index >= 15 is 0 Å². The number of amides is 1. The molecule has 4 aromatic rings. The Balaban J connectivity index is 1.85. The van der Waals surface area contributed by atoms with Gasteiger partial charge in [-0.15, -0.1) is 5.10 Å². The molecule has 0 radical (unpaired) electrons. The van der Waals surface area contributed by atoms with Crippen LogP contribution >= 0.6 is 0 Å². The average molecular weight is 417 g/mol. The molecule has 0 fully saturated rings. The first kappa shape index (κ1) is 19.9. The van der Waals surface area contributed by atoms with Crippen LogP contribution < -0.4 is 5.32 Å². The van der Waals surface area contributed by atoms with Crippen molar-refractivity contribution >= 4 is 28.0 Å². The Morgan fingerprint density at radius 3 is 2.53 bits per heavy atom. The molecule has 4 rings (SSSR count). The molecule has 0 aliphatic heterocycles. The van der Waals surface area contributed by atoms with E-state index in [-0.39, 0.29) is 12.5 Å². The second-order valence-corrected chi connectivity index (χ2v) is 7.06. The number of aryl methyl sites for hydroxylation is 1. The predicted octanol–water partition coefficient (Wildman–Crippen LogP) is 3.04. The lowest BCUT2D eigenvalue weighted by atomic mass is 10.1. The van der Waals surface area contributed by atoms with E-state index in [2.05, 4.69) is 15.6 Å². The second-order valence-electron chi connectivity index (χ2n) is 7.06. The van der Waals surface area contributed by atoms with Crippen LogP contribution in [0.25, 0.3) is 27.8 Å². The maximum atomic E-state index is 12.9. The number of aromatic nitrogens is 4. The van der Waals surface area contributed by atoms with Crippen LogP contribution in [0.1, 0.15) is 22.8 Å². The summed E-state index contributed by atoms with van der Waals surface area (Å²) < 4.78 is 42.1. The number of halogens is 3. The van der Waals surface area contributed by atoms with Crippen molar-refractivity contribution in [2.45, 2.75) is 19.2 Å². The number of benzene rings is 2. The lowest BCUT2D eigenvalue weighted by molar-refractivity contribution is -0.137. The molecule has 0 saturated heterocycles. The molecule has 2 aromatic carbocycles. The smallest absolute Gasteiger partial charge is 0.392 e. The molecule has 0 aliphatic rings. The van der Waals surface area contributed by atoms with Crippen molar-refractivity contribution in [3.63, 3.8) is 0 Å². The van der Waals surface area contributed by atoms with Gasteiger partial charge in [-0.1, -0.05) is 5.21 Å². The first-order valence-electron chi connectivity index (χ1n) is 9.14. The summed E-state index contributed by atoms with van der Waals surface area (Å²) in [4.78, 5) is 12.4. The Morgan fingerprint density at radius 1 is 1.20 bits per heavy atom. The van der Waals surface area contributed by atoms with E-state index in [4.69, 9.17) is 0 Å². The van der Waals surface area contributed by atoms with Crippen molar-refractivity contribution in [2.24, 2.45) is 7.05 Å². The fraction of sp³-hybridized carbons (Fsp3) is 0.250. The van der Waals surface area contributed by atoms with E-state index in [1.54, 1.807) is 36.7 Å². The number of carbonyl (C=O) groups is 1. The van der Waals surface area contributed by atoms with Crippen molar-refractivity contribution in [1.82, 2.24) is 24.9 Å². The number of nitrogens with zero attached hydrogens (tertiary/aromatic N) is 4. The molecule has 2 N–H and O–H groups in total. The Morgan fingerprint density at radius 2 is 1.90 bits per heavy atom. The van der Waals surface area contributed by atoms with Crippen LogP contribution in [-0.2, 0) is 13.2 Å². The van der Waals surface area contributed by atoms with Gasteiger partial charge in [0.05, 0.1) is 17.2 Å². The third-order valence-corrected chi connectivity index (χ3v) is 4.77. The lowest BCUT2D eigenvalue weighted by Gasteiger charge is -2.11. The molecule has 0 aliphatic carbocycles. The third-order valence-electron chi connectivity index (χ3n) is 4.77. The van der Waals surface area contributed by atoms with Crippen molar-refractivity contribution in [3.05, 3.63) is 53.6 Å². The molecule has 156 valence electrons. The first-order valence-corrected chi connectivity index (χ1v) is 9.14. The Labute approximate surface area is 168 Å². The van der Waals surface area contributed by atoms with Gasteiger partial charge >= 0.3 is 6.18 Å². The number of nitrogens with one attached hydrogen (secondary N) is 1. The quantitative estimate of drug-likeness (QED) is 0.535. The van der Waals surface area contributed by atoms with Gasteiger partial charge in [0.1, 0.15) is 5.52 Å². The maximum Gasteiger partial charge on any atom is 0.416 e. The topological polar surface area (TPSA) is 85.0 Å². The summed E-state index contributed by atoms with van der Waals surface area (Å²) in [5.74, 6) is -0.350. The normalized spacial score (nSPS) is 13.1. The predicted molar refractivity (Wildman–Crippen MR) is 104 cm³/mol. The number of alkyl halides is 3. The molecule has 0 spiro atoms. The van der Waals surface area contributed by atoms with Gasteiger partial charge in [-0.05, 0) is 49.4 Å². The summed E-state index contributed by atoms with van der Waals surface area (Å²) in [6.45, 7) is 1.68. The van der Waals surface area contributed by atoms with Crippen molar-refractivity contribution in [1.29, 1.82) is 0 Å². The highest BCUT2D eigenvalue weighted by molar-refractivity contribution is 6.09. The van der Waals surface area contributed by atoms with E-state index in [0.29, 0.717) is 33.3 Å². The van der Waals surface area contributed by atoms with Crippen LogP contribution in [0.15, 0.2) is 42.5 Å². The Hall–Kier alpha value is -3.40. The number of carbonyl (C=O) groups excluding carboxylic acids is 1. The molecule has 1 atom stereocenters. The average Bonchev–Trinajstić information content (AvgIpc) is 3.23. The van der Waals surface area contributed by atoms with Gasteiger partial charge in [0.15, 0.2) is 5.65 Å².